The molecule has 1 N–H and O–H groups in total. The molecule has 1 saturated carbocycles. The Morgan fingerprint density at radius 3 is 2.52 bits per heavy atom. The number of anilines is 2. The van der Waals surface area contributed by atoms with Crippen molar-refractivity contribution in [1.82, 2.24) is 4.98 Å². The maximum absolute atomic E-state index is 14.1. The number of halogens is 5. The standard InChI is InChI=1S/C24H26F5N3O/c1-14-5-3-6-17(13-14)30-22(33)18-15(2)19(24(27,28)29)20(16-7-8-16)31-21(18)32-11-4-9-23(25,26)10-12-32/h3,5-6,13,16H,4,7-12H2,1-2H3,(H,30,33). The highest BCUT2D eigenvalue weighted by Crippen LogP contribution is 2.48. The zero-order valence-electron chi connectivity index (χ0n) is 18.5. The lowest BCUT2D eigenvalue weighted by molar-refractivity contribution is -0.139. The minimum Gasteiger partial charge on any atom is -0.356 e. The zero-order chi connectivity index (χ0) is 24.0. The minimum absolute atomic E-state index is 0.0604. The Kier molecular flexibility index (Phi) is 6.09. The van der Waals surface area contributed by atoms with E-state index in [1.165, 1.54) is 6.92 Å². The molecule has 2 aromatic rings. The van der Waals surface area contributed by atoms with Crippen LogP contribution in [0.25, 0.3) is 0 Å². The molecule has 178 valence electrons. The molecule has 1 aromatic heterocycles. The fourth-order valence-electron chi connectivity index (χ4n) is 4.41. The maximum atomic E-state index is 14.1. The molecule has 1 saturated heterocycles. The number of nitrogens with zero attached hydrogens (tertiary/aromatic N) is 2. The summed E-state index contributed by atoms with van der Waals surface area (Å²) >= 11 is 0. The van der Waals surface area contributed by atoms with Crippen molar-refractivity contribution in [3.05, 3.63) is 52.2 Å². The van der Waals surface area contributed by atoms with Crippen molar-refractivity contribution >= 4 is 17.4 Å². The van der Waals surface area contributed by atoms with Gasteiger partial charge >= 0.3 is 6.18 Å². The van der Waals surface area contributed by atoms with Gasteiger partial charge in [0.15, 0.2) is 0 Å². The number of alkyl halides is 5. The van der Waals surface area contributed by atoms with Crippen molar-refractivity contribution in [2.75, 3.05) is 23.3 Å². The molecule has 0 spiro atoms. The van der Waals surface area contributed by atoms with Gasteiger partial charge in [-0.3, -0.25) is 4.79 Å². The summed E-state index contributed by atoms with van der Waals surface area (Å²) in [7, 11) is 0. The second-order valence-electron chi connectivity index (χ2n) is 8.99. The van der Waals surface area contributed by atoms with Crippen molar-refractivity contribution in [1.29, 1.82) is 0 Å². The highest BCUT2D eigenvalue weighted by molar-refractivity contribution is 6.09. The van der Waals surface area contributed by atoms with E-state index < -0.39 is 30.0 Å². The Morgan fingerprint density at radius 2 is 1.88 bits per heavy atom. The van der Waals surface area contributed by atoms with E-state index in [4.69, 9.17) is 0 Å². The van der Waals surface area contributed by atoms with Gasteiger partial charge in [-0.15, -0.1) is 0 Å². The Hall–Kier alpha value is -2.71. The van der Waals surface area contributed by atoms with E-state index in [-0.39, 0.29) is 54.5 Å². The number of nitrogens with one attached hydrogen (secondary N) is 1. The van der Waals surface area contributed by atoms with Gasteiger partial charge in [-0.2, -0.15) is 13.2 Å². The van der Waals surface area contributed by atoms with Gasteiger partial charge in [-0.25, -0.2) is 13.8 Å². The van der Waals surface area contributed by atoms with Crippen molar-refractivity contribution in [3.8, 4) is 0 Å². The van der Waals surface area contributed by atoms with E-state index in [0.717, 1.165) is 5.56 Å². The van der Waals surface area contributed by atoms with Crippen LogP contribution in [-0.2, 0) is 6.18 Å². The van der Waals surface area contributed by atoms with Gasteiger partial charge in [0.2, 0.25) is 5.92 Å². The third-order valence-electron chi connectivity index (χ3n) is 6.22. The van der Waals surface area contributed by atoms with Crippen molar-refractivity contribution in [2.45, 2.75) is 64.0 Å². The first-order chi connectivity index (χ1) is 15.5. The quantitative estimate of drug-likeness (QED) is 0.524. The SMILES string of the molecule is Cc1cccc(NC(=O)c2c(N3CCCC(F)(F)CC3)nc(C3CC3)c(C(F)(F)F)c2C)c1. The monoisotopic (exact) mass is 467 g/mol. The lowest BCUT2D eigenvalue weighted by Gasteiger charge is -2.28. The number of carbonyl (C=O) groups is 1. The molecular formula is C24H26F5N3O. The van der Waals surface area contributed by atoms with Crippen LogP contribution in [0.15, 0.2) is 24.3 Å². The molecule has 4 nitrogen and oxygen atoms in total. The van der Waals surface area contributed by atoms with Gasteiger partial charge in [0.05, 0.1) is 16.8 Å². The summed E-state index contributed by atoms with van der Waals surface area (Å²) in [5.41, 5.74) is -0.0827. The van der Waals surface area contributed by atoms with Crippen LogP contribution >= 0.6 is 0 Å². The molecule has 2 heterocycles. The van der Waals surface area contributed by atoms with E-state index in [2.05, 4.69) is 10.3 Å². The highest BCUT2D eigenvalue weighted by atomic mass is 19.4. The molecule has 4 rings (SSSR count). The van der Waals surface area contributed by atoms with Crippen molar-refractivity contribution in [3.63, 3.8) is 0 Å². The molecule has 0 unspecified atom stereocenters. The first-order valence-electron chi connectivity index (χ1n) is 11.1. The second kappa shape index (κ2) is 8.57. The molecule has 9 heteroatoms. The third-order valence-corrected chi connectivity index (χ3v) is 6.22. The van der Waals surface area contributed by atoms with Gasteiger partial charge < -0.3 is 10.2 Å². The van der Waals surface area contributed by atoms with E-state index in [1.807, 2.05) is 13.0 Å². The van der Waals surface area contributed by atoms with Gasteiger partial charge in [0.25, 0.3) is 5.91 Å². The summed E-state index contributed by atoms with van der Waals surface area (Å²) in [5, 5.41) is 2.67. The lowest BCUT2D eigenvalue weighted by atomic mass is 9.97. The highest BCUT2D eigenvalue weighted by Gasteiger charge is 2.44. The van der Waals surface area contributed by atoms with Crippen molar-refractivity contribution in [2.24, 2.45) is 0 Å². The number of carbonyl (C=O) groups excluding carboxylic acids is 1. The maximum Gasteiger partial charge on any atom is 0.418 e. The van der Waals surface area contributed by atoms with E-state index in [1.54, 1.807) is 23.1 Å². The second-order valence-corrected chi connectivity index (χ2v) is 8.99. The molecule has 2 aliphatic rings. The van der Waals surface area contributed by atoms with Crippen molar-refractivity contribution < 1.29 is 26.7 Å². The average Bonchev–Trinajstić information content (AvgIpc) is 3.54. The van der Waals surface area contributed by atoms with Crippen LogP contribution in [0.5, 0.6) is 0 Å². The Bertz CT molecular complexity index is 1060. The van der Waals surface area contributed by atoms with Gasteiger partial charge in [0.1, 0.15) is 5.82 Å². The summed E-state index contributed by atoms with van der Waals surface area (Å²) < 4.78 is 70.2. The number of aromatic nitrogens is 1. The minimum atomic E-state index is -4.68. The fraction of sp³-hybridized carbons (Fsp3) is 0.500. The predicted molar refractivity (Wildman–Crippen MR) is 116 cm³/mol. The summed E-state index contributed by atoms with van der Waals surface area (Å²) in [6.45, 7) is 3.22. The van der Waals surface area contributed by atoms with Gasteiger partial charge in [0, 0.05) is 37.5 Å². The largest absolute Gasteiger partial charge is 0.418 e. The van der Waals surface area contributed by atoms with Crippen LogP contribution in [-0.4, -0.2) is 29.9 Å². The number of rotatable bonds is 4. The molecule has 1 amide bonds. The molecule has 0 bridgehead atoms. The number of amides is 1. The number of aryl methyl sites for hydroxylation is 1. The molecule has 0 atom stereocenters. The average molecular weight is 467 g/mol. The first-order valence-corrected chi connectivity index (χ1v) is 11.1. The lowest BCUT2D eigenvalue weighted by Crippen LogP contribution is -2.31. The van der Waals surface area contributed by atoms with Crippen LogP contribution < -0.4 is 10.2 Å². The summed E-state index contributed by atoms with van der Waals surface area (Å²) in [6, 6.07) is 6.90. The number of hydrogen-bond acceptors (Lipinski definition) is 3. The topological polar surface area (TPSA) is 45.2 Å². The smallest absolute Gasteiger partial charge is 0.356 e. The van der Waals surface area contributed by atoms with Crippen LogP contribution in [0.3, 0.4) is 0 Å². The first kappa shape index (κ1) is 23.4. The Morgan fingerprint density at radius 1 is 1.15 bits per heavy atom. The molecule has 1 aliphatic carbocycles. The summed E-state index contributed by atoms with van der Waals surface area (Å²) in [4.78, 5) is 19.2. The third kappa shape index (κ3) is 5.12. The molecule has 0 radical (unpaired) electrons. The number of benzene rings is 1. The molecular weight excluding hydrogens is 441 g/mol. The van der Waals surface area contributed by atoms with E-state index in [0.29, 0.717) is 18.5 Å². The predicted octanol–water partition coefficient (Wildman–Crippen LogP) is 6.47. The summed E-state index contributed by atoms with van der Waals surface area (Å²) in [6.07, 6.45) is -4.09. The Balaban J connectivity index is 1.83. The normalized spacial score (nSPS) is 18.7. The van der Waals surface area contributed by atoms with Crippen LogP contribution in [0.2, 0.25) is 0 Å². The zero-order valence-corrected chi connectivity index (χ0v) is 18.5. The molecule has 2 fully saturated rings. The van der Waals surface area contributed by atoms with Gasteiger partial charge in [-0.05, 0) is 56.4 Å². The number of hydrogen-bond donors (Lipinski definition) is 1. The van der Waals surface area contributed by atoms with E-state index in [9.17, 15) is 26.7 Å². The van der Waals surface area contributed by atoms with Crippen LogP contribution in [0.1, 0.15) is 70.8 Å². The van der Waals surface area contributed by atoms with Crippen LogP contribution in [0, 0.1) is 13.8 Å². The van der Waals surface area contributed by atoms with Crippen LogP contribution in [0.4, 0.5) is 33.5 Å². The summed E-state index contributed by atoms with van der Waals surface area (Å²) in [5.74, 6) is -3.85. The Labute approximate surface area is 189 Å². The number of pyridine rings is 1. The molecule has 33 heavy (non-hydrogen) atoms. The van der Waals surface area contributed by atoms with Gasteiger partial charge in [-0.1, -0.05) is 12.1 Å². The van der Waals surface area contributed by atoms with E-state index >= 15 is 0 Å². The fourth-order valence-corrected chi connectivity index (χ4v) is 4.41. The molecule has 1 aromatic carbocycles. The molecule has 1 aliphatic heterocycles.